The van der Waals surface area contributed by atoms with Crippen molar-refractivity contribution in [3.63, 3.8) is 0 Å². The quantitative estimate of drug-likeness (QED) is 0.753. The second kappa shape index (κ2) is 3.69. The van der Waals surface area contributed by atoms with E-state index in [-0.39, 0.29) is 6.42 Å². The van der Waals surface area contributed by atoms with Gasteiger partial charge in [0, 0.05) is 4.88 Å². The van der Waals surface area contributed by atoms with Crippen LogP contribution in [0.15, 0.2) is 11.4 Å². The molecule has 0 bridgehead atoms. The number of aliphatic hydroxyl groups is 1. The predicted molar refractivity (Wildman–Crippen MR) is 46.3 cm³/mol. The van der Waals surface area contributed by atoms with Gasteiger partial charge < -0.3 is 10.2 Å². The van der Waals surface area contributed by atoms with Crippen molar-refractivity contribution >= 4 is 17.3 Å². The van der Waals surface area contributed by atoms with Gasteiger partial charge in [0.25, 0.3) is 0 Å². The van der Waals surface area contributed by atoms with Crippen molar-refractivity contribution in [3.05, 3.63) is 21.9 Å². The van der Waals surface area contributed by atoms with Gasteiger partial charge in [-0.15, -0.1) is 11.3 Å². The molecule has 3 nitrogen and oxygen atoms in total. The van der Waals surface area contributed by atoms with Crippen LogP contribution in [-0.4, -0.2) is 16.2 Å². The Kier molecular flexibility index (Phi) is 2.83. The number of carboxylic acids is 1. The average molecular weight is 186 g/mol. The number of carbonyl (C=O) groups is 1. The van der Waals surface area contributed by atoms with Gasteiger partial charge in [0.15, 0.2) is 0 Å². The van der Waals surface area contributed by atoms with Crippen LogP contribution < -0.4 is 0 Å². The average Bonchev–Trinajstić information content (AvgIpc) is 2.34. The highest BCUT2D eigenvalue weighted by Crippen LogP contribution is 2.23. The SMILES string of the molecule is Cc1csc(C(O)CC(=O)O)c1. The summed E-state index contributed by atoms with van der Waals surface area (Å²) in [6, 6.07) is 1.80. The van der Waals surface area contributed by atoms with Crippen LogP contribution in [0.4, 0.5) is 0 Å². The van der Waals surface area contributed by atoms with Crippen molar-refractivity contribution in [2.24, 2.45) is 0 Å². The topological polar surface area (TPSA) is 57.5 Å². The van der Waals surface area contributed by atoms with Gasteiger partial charge in [-0.25, -0.2) is 0 Å². The summed E-state index contributed by atoms with van der Waals surface area (Å²) in [6.45, 7) is 1.91. The lowest BCUT2D eigenvalue weighted by Gasteiger charge is -2.02. The summed E-state index contributed by atoms with van der Waals surface area (Å²) in [5.74, 6) is -0.978. The minimum absolute atomic E-state index is 0.222. The fourth-order valence-electron chi connectivity index (χ4n) is 0.894. The van der Waals surface area contributed by atoms with Crippen LogP contribution in [0.5, 0.6) is 0 Å². The van der Waals surface area contributed by atoms with Crippen molar-refractivity contribution in [2.75, 3.05) is 0 Å². The van der Waals surface area contributed by atoms with Gasteiger partial charge >= 0.3 is 5.97 Å². The maximum absolute atomic E-state index is 10.2. The highest BCUT2D eigenvalue weighted by Gasteiger charge is 2.13. The number of rotatable bonds is 3. The van der Waals surface area contributed by atoms with Crippen LogP contribution in [0.25, 0.3) is 0 Å². The molecular weight excluding hydrogens is 176 g/mol. The molecule has 2 N–H and O–H groups in total. The fraction of sp³-hybridized carbons (Fsp3) is 0.375. The van der Waals surface area contributed by atoms with E-state index in [1.807, 2.05) is 12.3 Å². The molecule has 1 aromatic heterocycles. The molecule has 0 saturated heterocycles. The van der Waals surface area contributed by atoms with E-state index >= 15 is 0 Å². The summed E-state index contributed by atoms with van der Waals surface area (Å²) in [6.07, 6.45) is -1.08. The second-order valence-electron chi connectivity index (χ2n) is 2.64. The highest BCUT2D eigenvalue weighted by atomic mass is 32.1. The van der Waals surface area contributed by atoms with E-state index in [0.717, 1.165) is 10.4 Å². The third kappa shape index (κ3) is 2.32. The van der Waals surface area contributed by atoms with Gasteiger partial charge in [-0.2, -0.15) is 0 Å². The number of aryl methyl sites for hydroxylation is 1. The molecule has 0 aliphatic heterocycles. The van der Waals surface area contributed by atoms with Crippen LogP contribution >= 0.6 is 11.3 Å². The van der Waals surface area contributed by atoms with Gasteiger partial charge in [0.05, 0.1) is 12.5 Å². The maximum Gasteiger partial charge on any atom is 0.306 e. The lowest BCUT2D eigenvalue weighted by atomic mass is 10.2. The van der Waals surface area contributed by atoms with E-state index in [9.17, 15) is 9.90 Å². The fourth-order valence-corrected chi connectivity index (χ4v) is 1.78. The second-order valence-corrected chi connectivity index (χ2v) is 3.58. The number of aliphatic hydroxyl groups excluding tert-OH is 1. The normalized spacial score (nSPS) is 12.8. The summed E-state index contributed by atoms with van der Waals surface area (Å²) >= 11 is 1.39. The third-order valence-electron chi connectivity index (χ3n) is 1.45. The van der Waals surface area contributed by atoms with Crippen molar-refractivity contribution in [1.82, 2.24) is 0 Å². The Balaban J connectivity index is 2.64. The molecule has 12 heavy (non-hydrogen) atoms. The highest BCUT2D eigenvalue weighted by molar-refractivity contribution is 7.10. The van der Waals surface area contributed by atoms with Crippen LogP contribution in [0.3, 0.4) is 0 Å². The number of aliphatic carboxylic acids is 1. The van der Waals surface area contributed by atoms with Crippen LogP contribution in [-0.2, 0) is 4.79 Å². The van der Waals surface area contributed by atoms with Crippen LogP contribution in [0.2, 0.25) is 0 Å². The molecule has 1 aromatic rings. The first-order valence-corrected chi connectivity index (χ1v) is 4.42. The number of thiophene rings is 1. The van der Waals surface area contributed by atoms with E-state index in [1.54, 1.807) is 6.07 Å². The van der Waals surface area contributed by atoms with Gasteiger partial charge in [-0.1, -0.05) is 0 Å². The lowest BCUT2D eigenvalue weighted by molar-refractivity contribution is -0.139. The van der Waals surface area contributed by atoms with Gasteiger partial charge in [-0.05, 0) is 23.9 Å². The Morgan fingerprint density at radius 3 is 2.83 bits per heavy atom. The van der Waals surface area contributed by atoms with E-state index in [1.165, 1.54) is 11.3 Å². The Morgan fingerprint density at radius 1 is 1.75 bits per heavy atom. The number of hydrogen-bond acceptors (Lipinski definition) is 3. The van der Waals surface area contributed by atoms with E-state index in [0.29, 0.717) is 0 Å². The lowest BCUT2D eigenvalue weighted by Crippen LogP contribution is -2.03. The standard InChI is InChI=1S/C8H10O3S/c1-5-2-7(12-4-5)6(9)3-8(10)11/h2,4,6,9H,3H2,1H3,(H,10,11). The molecular formula is C8H10O3S. The minimum Gasteiger partial charge on any atom is -0.481 e. The van der Waals surface area contributed by atoms with E-state index in [2.05, 4.69) is 0 Å². The van der Waals surface area contributed by atoms with E-state index in [4.69, 9.17) is 5.11 Å². The van der Waals surface area contributed by atoms with Crippen LogP contribution in [0.1, 0.15) is 23.0 Å². The maximum atomic E-state index is 10.2. The Hall–Kier alpha value is -0.870. The molecule has 0 aliphatic rings. The molecule has 66 valence electrons. The molecule has 1 unspecified atom stereocenters. The molecule has 0 amide bonds. The zero-order valence-electron chi connectivity index (χ0n) is 6.65. The zero-order chi connectivity index (χ0) is 9.14. The molecule has 0 radical (unpaired) electrons. The van der Waals surface area contributed by atoms with Crippen molar-refractivity contribution in [2.45, 2.75) is 19.4 Å². The van der Waals surface area contributed by atoms with E-state index < -0.39 is 12.1 Å². The zero-order valence-corrected chi connectivity index (χ0v) is 7.47. The van der Waals surface area contributed by atoms with Gasteiger partial charge in [0.2, 0.25) is 0 Å². The number of hydrogen-bond donors (Lipinski definition) is 2. The molecule has 0 saturated carbocycles. The van der Waals surface area contributed by atoms with Gasteiger partial charge in [0.1, 0.15) is 0 Å². The van der Waals surface area contributed by atoms with Crippen LogP contribution in [0, 0.1) is 6.92 Å². The summed E-state index contributed by atoms with van der Waals surface area (Å²) in [5.41, 5.74) is 1.06. The minimum atomic E-state index is -0.978. The first kappa shape index (κ1) is 9.22. The molecule has 0 fully saturated rings. The van der Waals surface area contributed by atoms with Crippen molar-refractivity contribution < 1.29 is 15.0 Å². The number of carboxylic acid groups (broad SMARTS) is 1. The first-order chi connectivity index (χ1) is 5.59. The summed E-state index contributed by atoms with van der Waals surface area (Å²) in [5, 5.41) is 19.6. The molecule has 0 aromatic carbocycles. The largest absolute Gasteiger partial charge is 0.481 e. The molecule has 1 atom stereocenters. The summed E-state index contributed by atoms with van der Waals surface area (Å²) in [7, 11) is 0. The molecule has 1 rings (SSSR count). The Bertz CT molecular complexity index is 280. The Labute approximate surface area is 74.3 Å². The van der Waals surface area contributed by atoms with Crippen molar-refractivity contribution in [3.8, 4) is 0 Å². The molecule has 0 spiro atoms. The third-order valence-corrected chi connectivity index (χ3v) is 2.60. The summed E-state index contributed by atoms with van der Waals surface area (Å²) in [4.78, 5) is 11.0. The summed E-state index contributed by atoms with van der Waals surface area (Å²) < 4.78 is 0. The molecule has 0 aliphatic carbocycles. The molecule has 4 heteroatoms. The molecule has 1 heterocycles. The predicted octanol–water partition coefficient (Wildman–Crippen LogP) is 1.56. The van der Waals surface area contributed by atoms with Gasteiger partial charge in [-0.3, -0.25) is 4.79 Å². The van der Waals surface area contributed by atoms with Crippen molar-refractivity contribution in [1.29, 1.82) is 0 Å². The smallest absolute Gasteiger partial charge is 0.306 e. The monoisotopic (exact) mass is 186 g/mol. The first-order valence-electron chi connectivity index (χ1n) is 3.54. The Morgan fingerprint density at radius 2 is 2.42 bits per heavy atom.